The summed E-state index contributed by atoms with van der Waals surface area (Å²) in [6.07, 6.45) is -2.98. The zero-order valence-electron chi connectivity index (χ0n) is 35.6. The number of carbonyl (C=O) groups is 1. The molecule has 0 radical (unpaired) electrons. The van der Waals surface area contributed by atoms with Gasteiger partial charge < -0.3 is 69.0 Å². The van der Waals surface area contributed by atoms with Gasteiger partial charge in [-0.25, -0.2) is 0 Å². The first-order valence-electron chi connectivity index (χ1n) is 18.9. The largest absolute Gasteiger partial charge is 0.491 e. The van der Waals surface area contributed by atoms with Gasteiger partial charge in [-0.1, -0.05) is 70.8 Å². The van der Waals surface area contributed by atoms with Crippen molar-refractivity contribution in [2.75, 3.05) is 73.7 Å². The molecule has 0 aromatic heterocycles. The minimum Gasteiger partial charge on any atom is -0.491 e. The Labute approximate surface area is 350 Å². The van der Waals surface area contributed by atoms with Crippen molar-refractivity contribution in [3.63, 3.8) is 0 Å². The van der Waals surface area contributed by atoms with E-state index in [0.29, 0.717) is 23.9 Å². The lowest BCUT2D eigenvalue weighted by Gasteiger charge is -2.11. The molecule has 0 fully saturated rings. The predicted molar refractivity (Wildman–Crippen MR) is 229 cm³/mol. The van der Waals surface area contributed by atoms with Gasteiger partial charge in [0.15, 0.2) is 0 Å². The molecule has 14 nitrogen and oxygen atoms in total. The van der Waals surface area contributed by atoms with Crippen molar-refractivity contribution in [1.29, 1.82) is 0 Å². The number of carbonyl (C=O) groups excluding carboxylic acids is 1. The standard InChI is InChI=1S/C11H16O3.3C10H14O3.C3H8O.CH2O/c1-9-3-5-11(6-4-9)14-8-10(12)7-13-2;3*1-8-2-4-10(5-3-8)13-7-9(12)6-11;1-3-4-2;1-2/h3-6,10,12H,7-8H2,1-2H3;3*2-5,9,11-12H,6-7H2,1H3;3H2,1-2H3;1H2. The summed E-state index contributed by atoms with van der Waals surface area (Å²) in [5.74, 6) is 2.89. The summed E-state index contributed by atoms with van der Waals surface area (Å²) < 4.78 is 30.3. The van der Waals surface area contributed by atoms with Gasteiger partial charge in [-0.15, -0.1) is 0 Å². The maximum atomic E-state index is 9.32. The number of ether oxygens (including phenoxy) is 6. The van der Waals surface area contributed by atoms with Crippen molar-refractivity contribution >= 4 is 6.79 Å². The monoisotopic (exact) mass is 832 g/mol. The number of benzene rings is 4. The van der Waals surface area contributed by atoms with Crippen molar-refractivity contribution in [2.45, 2.75) is 59.0 Å². The third-order valence-corrected chi connectivity index (χ3v) is 7.13. The minimum absolute atomic E-state index is 0.125. The SMILES string of the molecule is C=O.CCOC.COCC(O)COc1ccc(C)cc1.Cc1ccc(OCC(O)CO)cc1.Cc1ccc(OCC(O)CO)cc1.Cc1ccc(OCC(O)CO)cc1. The second-order valence-electron chi connectivity index (χ2n) is 12.7. The molecule has 14 heteroatoms. The zero-order valence-corrected chi connectivity index (χ0v) is 35.6. The normalized spacial score (nSPS) is 11.8. The average Bonchev–Trinajstić information content (AvgIpc) is 3.26. The highest BCUT2D eigenvalue weighted by Crippen LogP contribution is 2.14. The Kier molecular flexibility index (Phi) is 36.0. The topological polar surface area (TPSA) is 214 Å². The van der Waals surface area contributed by atoms with Gasteiger partial charge in [0.2, 0.25) is 0 Å². The van der Waals surface area contributed by atoms with Gasteiger partial charge in [0, 0.05) is 20.8 Å². The molecule has 4 unspecified atom stereocenters. The van der Waals surface area contributed by atoms with E-state index < -0.39 is 24.4 Å². The zero-order chi connectivity index (χ0) is 44.8. The molecular formula is C45H68O14. The van der Waals surface area contributed by atoms with Crippen molar-refractivity contribution in [2.24, 2.45) is 0 Å². The molecule has 0 spiro atoms. The highest BCUT2D eigenvalue weighted by atomic mass is 16.5. The number of hydrogen-bond acceptors (Lipinski definition) is 14. The van der Waals surface area contributed by atoms with Crippen molar-refractivity contribution in [3.8, 4) is 23.0 Å². The molecule has 0 saturated heterocycles. The third kappa shape index (κ3) is 33.0. The van der Waals surface area contributed by atoms with Crippen LogP contribution in [-0.2, 0) is 14.3 Å². The Hall–Kier alpha value is -4.61. The fourth-order valence-corrected chi connectivity index (χ4v) is 3.71. The average molecular weight is 833 g/mol. The molecular weight excluding hydrogens is 764 g/mol. The van der Waals surface area contributed by atoms with Crippen LogP contribution in [0.1, 0.15) is 29.2 Å². The van der Waals surface area contributed by atoms with E-state index in [2.05, 4.69) is 4.74 Å². The molecule has 4 aromatic rings. The van der Waals surface area contributed by atoms with E-state index in [1.807, 2.05) is 138 Å². The maximum absolute atomic E-state index is 9.32. The Balaban J connectivity index is 0. The van der Waals surface area contributed by atoms with Gasteiger partial charge in [0.25, 0.3) is 0 Å². The second-order valence-corrected chi connectivity index (χ2v) is 12.7. The smallest absolute Gasteiger partial charge is 0.119 e. The highest BCUT2D eigenvalue weighted by Gasteiger charge is 2.05. The fourth-order valence-electron chi connectivity index (χ4n) is 3.71. The van der Waals surface area contributed by atoms with Crippen LogP contribution in [-0.4, -0.2) is 141 Å². The first-order chi connectivity index (χ1) is 28.3. The first-order valence-corrected chi connectivity index (χ1v) is 18.9. The summed E-state index contributed by atoms with van der Waals surface area (Å²) in [5.41, 5.74) is 4.68. The molecule has 0 aliphatic carbocycles. The van der Waals surface area contributed by atoms with E-state index >= 15 is 0 Å². The minimum atomic E-state index is -0.804. The lowest BCUT2D eigenvalue weighted by atomic mass is 10.2. The number of hydrogen-bond donors (Lipinski definition) is 7. The molecule has 59 heavy (non-hydrogen) atoms. The molecule has 0 amide bonds. The lowest BCUT2D eigenvalue weighted by molar-refractivity contribution is -0.0980. The number of aliphatic hydroxyl groups excluding tert-OH is 7. The Morgan fingerprint density at radius 2 is 0.610 bits per heavy atom. The lowest BCUT2D eigenvalue weighted by Crippen LogP contribution is -2.22. The number of methoxy groups -OCH3 is 2. The fraction of sp³-hybridized carbons (Fsp3) is 0.444. The van der Waals surface area contributed by atoms with Crippen LogP contribution in [0.3, 0.4) is 0 Å². The number of aliphatic hydroxyl groups is 7. The summed E-state index contributed by atoms with van der Waals surface area (Å²) in [6, 6.07) is 30.3. The molecule has 0 bridgehead atoms. The molecule has 0 saturated carbocycles. The van der Waals surface area contributed by atoms with E-state index in [1.54, 1.807) is 14.2 Å². The summed E-state index contributed by atoms with van der Waals surface area (Å²) in [7, 11) is 3.23. The Bertz CT molecular complexity index is 1350. The van der Waals surface area contributed by atoms with Crippen LogP contribution in [0.5, 0.6) is 23.0 Å². The number of aryl methyl sites for hydroxylation is 4. The first kappa shape index (κ1) is 56.5. The van der Waals surface area contributed by atoms with Crippen molar-refractivity contribution in [3.05, 3.63) is 119 Å². The van der Waals surface area contributed by atoms with Gasteiger partial charge in [-0.3, -0.25) is 0 Å². The van der Waals surface area contributed by atoms with Gasteiger partial charge >= 0.3 is 0 Å². The molecule has 0 aliphatic rings. The Morgan fingerprint density at radius 1 is 0.407 bits per heavy atom. The highest BCUT2D eigenvalue weighted by molar-refractivity contribution is 5.28. The van der Waals surface area contributed by atoms with Crippen LogP contribution in [0.25, 0.3) is 0 Å². The van der Waals surface area contributed by atoms with E-state index in [1.165, 1.54) is 5.56 Å². The summed E-state index contributed by atoms with van der Waals surface area (Å²) >= 11 is 0. The van der Waals surface area contributed by atoms with Gasteiger partial charge in [-0.2, -0.15) is 0 Å². The van der Waals surface area contributed by atoms with E-state index in [9.17, 15) is 5.11 Å². The molecule has 4 rings (SSSR count). The molecule has 0 aliphatic heterocycles. The molecule has 7 N–H and O–H groups in total. The van der Waals surface area contributed by atoms with Gasteiger partial charge in [-0.05, 0) is 83.1 Å². The predicted octanol–water partition coefficient (Wildman–Crippen LogP) is 4.03. The maximum Gasteiger partial charge on any atom is 0.119 e. The molecule has 4 aromatic carbocycles. The summed E-state index contributed by atoms with van der Waals surface area (Å²) in [6.45, 7) is 12.9. The van der Waals surface area contributed by atoms with Gasteiger partial charge in [0.1, 0.15) is 80.6 Å². The second kappa shape index (κ2) is 37.6. The molecule has 4 atom stereocenters. The van der Waals surface area contributed by atoms with Crippen LogP contribution in [0.15, 0.2) is 97.1 Å². The van der Waals surface area contributed by atoms with Crippen LogP contribution < -0.4 is 18.9 Å². The van der Waals surface area contributed by atoms with E-state index in [-0.39, 0.29) is 46.2 Å². The van der Waals surface area contributed by atoms with Crippen LogP contribution >= 0.6 is 0 Å². The van der Waals surface area contributed by atoms with E-state index in [4.69, 9.17) is 59.1 Å². The van der Waals surface area contributed by atoms with Gasteiger partial charge in [0.05, 0.1) is 26.4 Å². The number of rotatable bonds is 18. The third-order valence-electron chi connectivity index (χ3n) is 7.13. The Morgan fingerprint density at radius 3 is 0.780 bits per heavy atom. The van der Waals surface area contributed by atoms with Crippen LogP contribution in [0, 0.1) is 27.7 Å². The summed E-state index contributed by atoms with van der Waals surface area (Å²) in [4.78, 5) is 8.00. The van der Waals surface area contributed by atoms with Crippen molar-refractivity contribution < 1.29 is 69.0 Å². The van der Waals surface area contributed by atoms with Crippen molar-refractivity contribution in [1.82, 2.24) is 0 Å². The molecule has 332 valence electrons. The summed E-state index contributed by atoms with van der Waals surface area (Å²) in [5, 5.41) is 61.9. The van der Waals surface area contributed by atoms with Crippen LogP contribution in [0.4, 0.5) is 0 Å². The van der Waals surface area contributed by atoms with E-state index in [0.717, 1.165) is 29.0 Å². The molecule has 0 heterocycles. The quantitative estimate of drug-likeness (QED) is 0.0755. The van der Waals surface area contributed by atoms with Crippen LogP contribution in [0.2, 0.25) is 0 Å².